The topological polar surface area (TPSA) is 83.1 Å². The lowest BCUT2D eigenvalue weighted by Gasteiger charge is -2.10. The fourth-order valence-corrected chi connectivity index (χ4v) is 1.71. The molecule has 0 radical (unpaired) electrons. The molecule has 2 rings (SSSR count). The highest BCUT2D eigenvalue weighted by Crippen LogP contribution is 2.18. The first-order valence-corrected chi connectivity index (χ1v) is 6.32. The Hall–Kier alpha value is -2.11. The summed E-state index contributed by atoms with van der Waals surface area (Å²) in [6.07, 6.45) is 3.58. The molecule has 19 heavy (non-hydrogen) atoms. The first kappa shape index (κ1) is 13.3. The number of aryl methyl sites for hydroxylation is 1. The van der Waals surface area contributed by atoms with Crippen LogP contribution in [0.4, 0.5) is 5.69 Å². The summed E-state index contributed by atoms with van der Waals surface area (Å²) in [5.41, 5.74) is 1.97. The third-order valence-corrected chi connectivity index (χ3v) is 2.91. The number of hydrogen-bond acceptors (Lipinski definition) is 4. The molecule has 0 aliphatic heterocycles. The van der Waals surface area contributed by atoms with E-state index < -0.39 is 0 Å². The Morgan fingerprint density at radius 2 is 2.16 bits per heavy atom. The lowest BCUT2D eigenvalue weighted by molar-refractivity contribution is -0.120. The number of amides is 2. The predicted molar refractivity (Wildman–Crippen MR) is 72.0 cm³/mol. The monoisotopic (exact) mass is 262 g/mol. The van der Waals surface area contributed by atoms with Gasteiger partial charge in [-0.1, -0.05) is 0 Å². The quantitative estimate of drug-likeness (QED) is 0.719. The minimum atomic E-state index is -0.303. The van der Waals surface area contributed by atoms with Crippen LogP contribution in [0.3, 0.4) is 0 Å². The van der Waals surface area contributed by atoms with E-state index in [1.54, 1.807) is 13.1 Å². The highest BCUT2D eigenvalue weighted by molar-refractivity contribution is 6.00. The highest BCUT2D eigenvalue weighted by atomic mass is 16.2. The molecule has 0 bridgehead atoms. The molecule has 6 nitrogen and oxygen atoms in total. The van der Waals surface area contributed by atoms with E-state index in [1.165, 1.54) is 6.20 Å². The number of nitrogens with zero attached hydrogens (tertiary/aromatic N) is 1. The van der Waals surface area contributed by atoms with Gasteiger partial charge in [-0.2, -0.15) is 0 Å². The molecule has 1 aliphatic carbocycles. The van der Waals surface area contributed by atoms with Crippen molar-refractivity contribution in [3.63, 3.8) is 0 Å². The Morgan fingerprint density at radius 1 is 1.42 bits per heavy atom. The molecule has 0 unspecified atom stereocenters. The van der Waals surface area contributed by atoms with Crippen LogP contribution in [0.25, 0.3) is 0 Å². The van der Waals surface area contributed by atoms with Crippen LogP contribution in [0.5, 0.6) is 0 Å². The van der Waals surface area contributed by atoms with Gasteiger partial charge < -0.3 is 16.0 Å². The van der Waals surface area contributed by atoms with Gasteiger partial charge in [-0.25, -0.2) is 0 Å². The third-order valence-electron chi connectivity index (χ3n) is 2.91. The Bertz CT molecular complexity index is 497. The van der Waals surface area contributed by atoms with Gasteiger partial charge in [0.2, 0.25) is 5.91 Å². The average Bonchev–Trinajstić information content (AvgIpc) is 3.19. The fraction of sp³-hybridized carbons (Fsp3) is 0.462. The molecule has 1 fully saturated rings. The van der Waals surface area contributed by atoms with Crippen LogP contribution in [-0.4, -0.2) is 36.4 Å². The predicted octanol–water partition coefficient (Wildman–Crippen LogP) is 0.440. The summed E-state index contributed by atoms with van der Waals surface area (Å²) < 4.78 is 0. The van der Waals surface area contributed by atoms with Crippen LogP contribution in [0, 0.1) is 6.92 Å². The molecule has 0 aromatic carbocycles. The zero-order valence-corrected chi connectivity index (χ0v) is 11.1. The van der Waals surface area contributed by atoms with E-state index in [4.69, 9.17) is 0 Å². The van der Waals surface area contributed by atoms with Crippen LogP contribution in [-0.2, 0) is 4.79 Å². The van der Waals surface area contributed by atoms with Gasteiger partial charge in [0.25, 0.3) is 5.91 Å². The van der Waals surface area contributed by atoms with Crippen molar-refractivity contribution in [3.05, 3.63) is 23.5 Å². The largest absolute Gasteiger partial charge is 0.387 e. The molecule has 6 heteroatoms. The first-order chi connectivity index (χ1) is 9.10. The van der Waals surface area contributed by atoms with Crippen molar-refractivity contribution in [3.8, 4) is 0 Å². The Morgan fingerprint density at radius 3 is 2.79 bits per heavy atom. The van der Waals surface area contributed by atoms with E-state index in [0.29, 0.717) is 17.3 Å². The molecule has 102 valence electrons. The van der Waals surface area contributed by atoms with Gasteiger partial charge in [0.1, 0.15) is 0 Å². The number of aromatic nitrogens is 1. The van der Waals surface area contributed by atoms with Crippen molar-refractivity contribution in [1.82, 2.24) is 15.6 Å². The first-order valence-electron chi connectivity index (χ1n) is 6.32. The molecule has 1 aromatic rings. The second kappa shape index (κ2) is 5.69. The van der Waals surface area contributed by atoms with Gasteiger partial charge in [-0.3, -0.25) is 14.6 Å². The number of anilines is 1. The maximum absolute atomic E-state index is 12.0. The second-order valence-corrected chi connectivity index (χ2v) is 4.65. The van der Waals surface area contributed by atoms with Crippen molar-refractivity contribution >= 4 is 17.5 Å². The standard InChI is InChI=1S/C13H18N4O2/c1-8-5-11(14-2)10(6-15-8)13(19)16-7-12(18)17-9-3-4-9/h5-6,9H,3-4,7H2,1-2H3,(H,14,15)(H,16,19)(H,17,18). The number of hydrogen-bond donors (Lipinski definition) is 3. The van der Waals surface area contributed by atoms with Crippen LogP contribution in [0.15, 0.2) is 12.3 Å². The lowest BCUT2D eigenvalue weighted by Crippen LogP contribution is -2.38. The maximum Gasteiger partial charge on any atom is 0.255 e. The fourth-order valence-electron chi connectivity index (χ4n) is 1.71. The van der Waals surface area contributed by atoms with Crippen LogP contribution in [0.1, 0.15) is 28.9 Å². The van der Waals surface area contributed by atoms with Gasteiger partial charge in [0.05, 0.1) is 17.8 Å². The summed E-state index contributed by atoms with van der Waals surface area (Å²) in [6, 6.07) is 2.09. The van der Waals surface area contributed by atoms with E-state index in [-0.39, 0.29) is 18.4 Å². The summed E-state index contributed by atoms with van der Waals surface area (Å²) in [6.45, 7) is 1.85. The molecule has 0 atom stereocenters. The molecular weight excluding hydrogens is 244 g/mol. The van der Waals surface area contributed by atoms with E-state index >= 15 is 0 Å². The zero-order chi connectivity index (χ0) is 13.8. The van der Waals surface area contributed by atoms with E-state index in [0.717, 1.165) is 18.5 Å². The van der Waals surface area contributed by atoms with Crippen molar-refractivity contribution in [2.75, 3.05) is 18.9 Å². The summed E-state index contributed by atoms with van der Waals surface area (Å²) >= 11 is 0. The Balaban J connectivity index is 1.93. The van der Waals surface area contributed by atoms with Gasteiger partial charge in [-0.05, 0) is 25.8 Å². The number of carbonyl (C=O) groups is 2. The van der Waals surface area contributed by atoms with Gasteiger partial charge in [0.15, 0.2) is 0 Å². The zero-order valence-electron chi connectivity index (χ0n) is 11.1. The smallest absolute Gasteiger partial charge is 0.255 e. The summed E-state index contributed by atoms with van der Waals surface area (Å²) in [7, 11) is 1.74. The number of rotatable bonds is 5. The van der Waals surface area contributed by atoms with E-state index in [2.05, 4.69) is 20.9 Å². The van der Waals surface area contributed by atoms with Crippen molar-refractivity contribution < 1.29 is 9.59 Å². The summed E-state index contributed by atoms with van der Waals surface area (Å²) in [5, 5.41) is 8.35. The van der Waals surface area contributed by atoms with Crippen LogP contribution >= 0.6 is 0 Å². The Labute approximate surface area is 112 Å². The molecule has 0 saturated heterocycles. The maximum atomic E-state index is 12.0. The van der Waals surface area contributed by atoms with Crippen molar-refractivity contribution in [2.45, 2.75) is 25.8 Å². The summed E-state index contributed by atoms with van der Waals surface area (Å²) in [4.78, 5) is 27.5. The normalized spacial score (nSPS) is 13.8. The van der Waals surface area contributed by atoms with Crippen molar-refractivity contribution in [1.29, 1.82) is 0 Å². The van der Waals surface area contributed by atoms with Crippen LogP contribution < -0.4 is 16.0 Å². The number of carbonyl (C=O) groups excluding carboxylic acids is 2. The van der Waals surface area contributed by atoms with Gasteiger partial charge >= 0.3 is 0 Å². The molecule has 3 N–H and O–H groups in total. The molecule has 1 aliphatic rings. The van der Waals surface area contributed by atoms with E-state index in [1.807, 2.05) is 6.92 Å². The Kier molecular flexibility index (Phi) is 3.99. The third kappa shape index (κ3) is 3.67. The second-order valence-electron chi connectivity index (χ2n) is 4.65. The molecule has 2 amide bonds. The number of nitrogens with one attached hydrogen (secondary N) is 3. The van der Waals surface area contributed by atoms with E-state index in [9.17, 15) is 9.59 Å². The molecule has 1 saturated carbocycles. The van der Waals surface area contributed by atoms with Gasteiger partial charge in [0, 0.05) is 25.0 Å². The lowest BCUT2D eigenvalue weighted by atomic mass is 10.2. The highest BCUT2D eigenvalue weighted by Gasteiger charge is 2.23. The van der Waals surface area contributed by atoms with Gasteiger partial charge in [-0.15, -0.1) is 0 Å². The summed E-state index contributed by atoms with van der Waals surface area (Å²) in [5.74, 6) is -0.454. The molecule has 0 spiro atoms. The SMILES string of the molecule is CNc1cc(C)ncc1C(=O)NCC(=O)NC1CC1. The molecule has 1 aromatic heterocycles. The molecule has 1 heterocycles. The van der Waals surface area contributed by atoms with Crippen LogP contribution in [0.2, 0.25) is 0 Å². The minimum absolute atomic E-state index is 0.00758. The van der Waals surface area contributed by atoms with Crippen molar-refractivity contribution in [2.24, 2.45) is 0 Å². The average molecular weight is 262 g/mol. The minimum Gasteiger partial charge on any atom is -0.387 e. The number of pyridine rings is 1. The molecular formula is C13H18N4O2.